The molecule has 1 aromatic heterocycles. The van der Waals surface area contributed by atoms with Gasteiger partial charge in [0, 0.05) is 23.7 Å². The zero-order chi connectivity index (χ0) is 36.7. The minimum Gasteiger partial charge on any atom is -0.480 e. The summed E-state index contributed by atoms with van der Waals surface area (Å²) in [4.78, 5) is 59.9. The number of nitriles is 1. The van der Waals surface area contributed by atoms with Crippen molar-refractivity contribution in [3.63, 3.8) is 0 Å². The SMILES string of the molecule is CCNc1nc(Cl)nc(NC(C)(C)C#N)n1.COC(=O)c1cc(Oc2ccc(Cl)cc2Cl)ccc1[N+](=O)[O-].O=C(O)CNCP(=O)(O)O. The molecule has 1 heterocycles. The van der Waals surface area contributed by atoms with Crippen molar-refractivity contribution in [1.82, 2.24) is 20.3 Å². The quantitative estimate of drug-likeness (QED) is 0.0618. The van der Waals surface area contributed by atoms with Gasteiger partial charge in [0.2, 0.25) is 17.2 Å². The van der Waals surface area contributed by atoms with Gasteiger partial charge in [-0.2, -0.15) is 20.2 Å². The molecular formula is C26H30Cl3N8O10P. The van der Waals surface area contributed by atoms with Crippen LogP contribution in [0.1, 0.15) is 31.1 Å². The highest BCUT2D eigenvalue weighted by atomic mass is 35.5. The van der Waals surface area contributed by atoms with Gasteiger partial charge in [0.15, 0.2) is 0 Å². The fourth-order valence-corrected chi connectivity index (χ4v) is 3.97. The molecule has 0 radical (unpaired) electrons. The normalized spacial score (nSPS) is 10.6. The van der Waals surface area contributed by atoms with E-state index < -0.39 is 42.8 Å². The van der Waals surface area contributed by atoms with Crippen LogP contribution in [0.2, 0.25) is 15.3 Å². The predicted molar refractivity (Wildman–Crippen MR) is 176 cm³/mol. The molecule has 48 heavy (non-hydrogen) atoms. The van der Waals surface area contributed by atoms with Crippen molar-refractivity contribution in [1.29, 1.82) is 5.26 Å². The largest absolute Gasteiger partial charge is 0.480 e. The summed E-state index contributed by atoms with van der Waals surface area (Å²) < 4.78 is 20.1. The first-order valence-electron chi connectivity index (χ1n) is 13.1. The molecule has 0 fully saturated rings. The number of hydrogen-bond donors (Lipinski definition) is 6. The number of esters is 1. The second kappa shape index (κ2) is 19.5. The summed E-state index contributed by atoms with van der Waals surface area (Å²) in [5.41, 5.74) is -1.34. The Balaban J connectivity index is 0.000000389. The molecule has 0 atom stereocenters. The third-order valence-electron chi connectivity index (χ3n) is 4.93. The summed E-state index contributed by atoms with van der Waals surface area (Å²) in [7, 11) is -2.96. The van der Waals surface area contributed by atoms with E-state index >= 15 is 0 Å². The van der Waals surface area contributed by atoms with Gasteiger partial charge in [0.05, 0.1) is 36.0 Å². The molecule has 2 aromatic carbocycles. The summed E-state index contributed by atoms with van der Waals surface area (Å²) >= 11 is 17.5. The van der Waals surface area contributed by atoms with Crippen LogP contribution >= 0.6 is 42.4 Å². The monoisotopic (exact) mass is 750 g/mol. The minimum absolute atomic E-state index is 0.0854. The van der Waals surface area contributed by atoms with E-state index in [9.17, 15) is 24.3 Å². The van der Waals surface area contributed by atoms with E-state index in [1.165, 1.54) is 18.2 Å². The summed E-state index contributed by atoms with van der Waals surface area (Å²) in [5.74, 6) is -0.806. The van der Waals surface area contributed by atoms with Crippen LogP contribution < -0.4 is 20.7 Å². The molecule has 18 nitrogen and oxygen atoms in total. The van der Waals surface area contributed by atoms with Crippen molar-refractivity contribution in [3.05, 3.63) is 67.4 Å². The van der Waals surface area contributed by atoms with Gasteiger partial charge in [0.25, 0.3) is 5.69 Å². The Labute approximate surface area is 288 Å². The minimum atomic E-state index is -4.10. The van der Waals surface area contributed by atoms with Crippen molar-refractivity contribution >= 4 is 71.9 Å². The van der Waals surface area contributed by atoms with E-state index in [-0.39, 0.29) is 33.3 Å². The number of carboxylic acids is 1. The number of aliphatic carboxylic acids is 1. The molecule has 0 saturated carbocycles. The van der Waals surface area contributed by atoms with Gasteiger partial charge in [0.1, 0.15) is 22.6 Å². The topological polar surface area (TPSA) is 272 Å². The van der Waals surface area contributed by atoms with Crippen LogP contribution in [-0.4, -0.2) is 78.7 Å². The summed E-state index contributed by atoms with van der Waals surface area (Å²) in [5, 5.41) is 36.4. The number of nitro benzene ring substituents is 1. The summed E-state index contributed by atoms with van der Waals surface area (Å²) in [6.45, 7) is 5.60. The molecule has 6 N–H and O–H groups in total. The third kappa shape index (κ3) is 16.0. The maximum atomic E-state index is 11.6. The summed E-state index contributed by atoms with van der Waals surface area (Å²) in [6, 6.07) is 10.4. The standard InChI is InChI=1S/C14H9Cl2NO5.C9H13ClN6.C3H8NO5P/c1-21-14(18)10-7-9(3-4-12(10)17(19)20)22-13-5-2-8(15)6-11(13)16;1-4-12-7-13-6(10)14-8(15-7)16-9(2,3)5-11;5-3(6)1-4-2-10(7,8)9/h2-7H,1H3;4H2,1-3H3,(H2,12,13,14,15,16);4H,1-2H2,(H,5,6)(H2,7,8,9). The van der Waals surface area contributed by atoms with Crippen LogP contribution in [0.15, 0.2) is 36.4 Å². The molecule has 22 heteroatoms. The second-order valence-electron chi connectivity index (χ2n) is 9.39. The maximum absolute atomic E-state index is 11.6. The molecule has 3 rings (SSSR count). The lowest BCUT2D eigenvalue weighted by atomic mass is 10.1. The number of ether oxygens (including phenoxy) is 2. The van der Waals surface area contributed by atoms with E-state index in [0.717, 1.165) is 13.2 Å². The first kappa shape index (κ1) is 41.7. The Kier molecular flexibility index (Phi) is 16.9. The van der Waals surface area contributed by atoms with Crippen LogP contribution in [0.4, 0.5) is 17.6 Å². The van der Waals surface area contributed by atoms with Gasteiger partial charge in [-0.15, -0.1) is 0 Å². The molecule has 0 spiro atoms. The number of benzene rings is 2. The van der Waals surface area contributed by atoms with Gasteiger partial charge >= 0.3 is 19.5 Å². The Bertz CT molecular complexity index is 1690. The Hall–Kier alpha value is -4.34. The number of carbonyl (C=O) groups is 2. The fraction of sp³-hybridized carbons (Fsp3) is 0.308. The highest BCUT2D eigenvalue weighted by Gasteiger charge is 2.22. The lowest BCUT2D eigenvalue weighted by molar-refractivity contribution is -0.385. The van der Waals surface area contributed by atoms with Crippen molar-refractivity contribution in [2.75, 3.05) is 37.1 Å². The number of carboxylic acid groups (broad SMARTS) is 1. The Morgan fingerprint density at radius 2 is 1.75 bits per heavy atom. The van der Waals surface area contributed by atoms with Crippen LogP contribution in [0.3, 0.4) is 0 Å². The molecule has 0 amide bonds. The highest BCUT2D eigenvalue weighted by molar-refractivity contribution is 7.51. The fourth-order valence-electron chi connectivity index (χ4n) is 2.96. The van der Waals surface area contributed by atoms with E-state index in [4.69, 9.17) is 59.7 Å². The first-order chi connectivity index (χ1) is 22.3. The zero-order valence-corrected chi connectivity index (χ0v) is 28.8. The molecule has 0 aliphatic heterocycles. The number of nitro groups is 1. The molecule has 0 saturated heterocycles. The molecule has 0 aliphatic carbocycles. The molecular weight excluding hydrogens is 722 g/mol. The van der Waals surface area contributed by atoms with Crippen molar-refractivity contribution in [2.24, 2.45) is 0 Å². The van der Waals surface area contributed by atoms with Crippen LogP contribution in [0.25, 0.3) is 0 Å². The zero-order valence-electron chi connectivity index (χ0n) is 25.6. The number of aromatic nitrogens is 3. The second-order valence-corrected chi connectivity index (χ2v) is 12.2. The number of hydrogen-bond acceptors (Lipinski definition) is 14. The van der Waals surface area contributed by atoms with Crippen LogP contribution in [0.5, 0.6) is 11.5 Å². The average molecular weight is 752 g/mol. The van der Waals surface area contributed by atoms with E-state index in [2.05, 4.69) is 41.7 Å². The van der Waals surface area contributed by atoms with Gasteiger partial charge < -0.3 is 35.0 Å². The van der Waals surface area contributed by atoms with Crippen molar-refractivity contribution in [2.45, 2.75) is 26.3 Å². The van der Waals surface area contributed by atoms with Crippen LogP contribution in [-0.2, 0) is 14.1 Å². The Morgan fingerprint density at radius 3 is 2.27 bits per heavy atom. The number of carbonyl (C=O) groups excluding carboxylic acids is 1. The number of rotatable bonds is 12. The summed E-state index contributed by atoms with van der Waals surface area (Å²) in [6.07, 6.45) is -0.598. The molecule has 0 aliphatic rings. The van der Waals surface area contributed by atoms with E-state index in [0.29, 0.717) is 23.3 Å². The van der Waals surface area contributed by atoms with E-state index in [1.54, 1.807) is 26.0 Å². The van der Waals surface area contributed by atoms with Gasteiger partial charge in [-0.25, -0.2) is 4.79 Å². The van der Waals surface area contributed by atoms with Crippen molar-refractivity contribution < 1.29 is 43.4 Å². The number of nitrogens with zero attached hydrogens (tertiary/aromatic N) is 5. The van der Waals surface area contributed by atoms with Crippen molar-refractivity contribution in [3.8, 4) is 17.6 Å². The third-order valence-corrected chi connectivity index (χ3v) is 6.27. The molecule has 3 aromatic rings. The van der Waals surface area contributed by atoms with E-state index in [1.807, 2.05) is 6.92 Å². The number of nitrogens with one attached hydrogen (secondary N) is 3. The predicted octanol–water partition coefficient (Wildman–Crippen LogP) is 4.95. The number of halogens is 3. The maximum Gasteiger partial charge on any atom is 0.345 e. The number of anilines is 2. The smallest absolute Gasteiger partial charge is 0.345 e. The number of methoxy groups -OCH3 is 1. The van der Waals surface area contributed by atoms with Gasteiger partial charge in [-0.3, -0.25) is 24.8 Å². The van der Waals surface area contributed by atoms with Crippen LogP contribution in [0, 0.1) is 21.4 Å². The van der Waals surface area contributed by atoms with Gasteiger partial charge in [-0.05, 0) is 56.6 Å². The molecule has 260 valence electrons. The highest BCUT2D eigenvalue weighted by Crippen LogP contribution is 2.34. The first-order valence-corrected chi connectivity index (χ1v) is 16.1. The average Bonchev–Trinajstić information content (AvgIpc) is 2.97. The molecule has 0 unspecified atom stereocenters. The lowest BCUT2D eigenvalue weighted by Crippen LogP contribution is -2.29. The lowest BCUT2D eigenvalue weighted by Gasteiger charge is -2.17. The van der Waals surface area contributed by atoms with Gasteiger partial charge in [-0.1, -0.05) is 23.2 Å². The molecule has 0 bridgehead atoms. The Morgan fingerprint density at radius 1 is 1.10 bits per heavy atom.